The molecule has 116 valence electrons. The summed E-state index contributed by atoms with van der Waals surface area (Å²) in [6.45, 7) is 2.27. The van der Waals surface area contributed by atoms with Gasteiger partial charge in [0.15, 0.2) is 0 Å². The molecule has 20 heavy (non-hydrogen) atoms. The van der Waals surface area contributed by atoms with E-state index in [0.29, 0.717) is 13.0 Å². The second-order valence-electron chi connectivity index (χ2n) is 4.31. The highest BCUT2D eigenvalue weighted by Crippen LogP contribution is 2.00. The molecule has 0 aliphatic rings. The van der Waals surface area contributed by atoms with Crippen LogP contribution in [-0.2, 0) is 19.1 Å². The lowest BCUT2D eigenvalue weighted by atomic mass is 10.1. The van der Waals surface area contributed by atoms with Crippen LogP contribution in [0.5, 0.6) is 0 Å². The van der Waals surface area contributed by atoms with E-state index >= 15 is 0 Å². The van der Waals surface area contributed by atoms with Crippen LogP contribution in [0.15, 0.2) is 0 Å². The number of nitrogens with one attached hydrogen (secondary N) is 2. The summed E-state index contributed by atoms with van der Waals surface area (Å²) in [4.78, 5) is 33.5. The number of methoxy groups -OCH3 is 2. The number of esters is 1. The average molecular weight is 290 g/mol. The molecule has 0 aromatic carbocycles. The molecule has 0 aromatic heterocycles. The first kappa shape index (κ1) is 18.2. The molecule has 2 atom stereocenters. The fraction of sp³-hybridized carbons (Fsp3) is 0.750. The number of urea groups is 1. The highest BCUT2D eigenvalue weighted by molar-refractivity contribution is 5.83. The van der Waals surface area contributed by atoms with Gasteiger partial charge >= 0.3 is 18.0 Å². The molecule has 0 saturated heterocycles. The zero-order valence-corrected chi connectivity index (χ0v) is 12.0. The number of aliphatic carboxylic acids is 1. The summed E-state index contributed by atoms with van der Waals surface area (Å²) in [7, 11) is 2.77. The summed E-state index contributed by atoms with van der Waals surface area (Å²) in [5.41, 5.74) is 0. The molecule has 0 aliphatic heterocycles. The molecule has 3 N–H and O–H groups in total. The molecule has 0 saturated carbocycles. The SMILES string of the molecule is COCCC(C)NC(=O)N[C@@H](CCC(=O)OC)C(=O)O. The summed E-state index contributed by atoms with van der Waals surface area (Å²) in [5.74, 6) is -1.72. The molecule has 1 unspecified atom stereocenters. The molecule has 2 amide bonds. The maximum absolute atomic E-state index is 11.6. The van der Waals surface area contributed by atoms with Gasteiger partial charge in [-0.15, -0.1) is 0 Å². The van der Waals surface area contributed by atoms with Crippen molar-refractivity contribution < 1.29 is 29.0 Å². The number of carbonyl (C=O) groups excluding carboxylic acids is 2. The zero-order chi connectivity index (χ0) is 15.5. The summed E-state index contributed by atoms with van der Waals surface area (Å²) < 4.78 is 9.29. The van der Waals surface area contributed by atoms with Gasteiger partial charge in [0.25, 0.3) is 0 Å². The second-order valence-corrected chi connectivity index (χ2v) is 4.31. The van der Waals surface area contributed by atoms with Crippen molar-refractivity contribution in [2.24, 2.45) is 0 Å². The number of amides is 2. The maximum atomic E-state index is 11.6. The van der Waals surface area contributed by atoms with E-state index in [1.165, 1.54) is 7.11 Å². The van der Waals surface area contributed by atoms with Crippen molar-refractivity contribution in [3.8, 4) is 0 Å². The van der Waals surface area contributed by atoms with Gasteiger partial charge in [-0.2, -0.15) is 0 Å². The van der Waals surface area contributed by atoms with Crippen LogP contribution in [0.4, 0.5) is 4.79 Å². The summed E-state index contributed by atoms with van der Waals surface area (Å²) in [6.07, 6.45) is 0.513. The Balaban J connectivity index is 4.20. The van der Waals surface area contributed by atoms with E-state index < -0.39 is 24.0 Å². The largest absolute Gasteiger partial charge is 0.480 e. The van der Waals surface area contributed by atoms with Crippen LogP contribution in [0.2, 0.25) is 0 Å². The monoisotopic (exact) mass is 290 g/mol. The van der Waals surface area contributed by atoms with Crippen LogP contribution < -0.4 is 10.6 Å². The number of rotatable bonds is 9. The molecule has 0 rings (SSSR count). The number of hydrogen-bond donors (Lipinski definition) is 3. The van der Waals surface area contributed by atoms with E-state index in [-0.39, 0.29) is 18.9 Å². The number of carboxylic acids is 1. The molecule has 0 aromatic rings. The van der Waals surface area contributed by atoms with Crippen LogP contribution >= 0.6 is 0 Å². The second kappa shape index (κ2) is 10.0. The first-order chi connectivity index (χ1) is 9.40. The third kappa shape index (κ3) is 8.30. The molecule has 0 aliphatic carbocycles. The van der Waals surface area contributed by atoms with Crippen LogP contribution in [0.1, 0.15) is 26.2 Å². The zero-order valence-electron chi connectivity index (χ0n) is 12.0. The molecule has 0 spiro atoms. The predicted octanol–water partition coefficient (Wildman–Crippen LogP) is 0.117. The Kier molecular flexibility index (Phi) is 9.10. The summed E-state index contributed by atoms with van der Waals surface area (Å²) >= 11 is 0. The minimum absolute atomic E-state index is 0.0259. The first-order valence-corrected chi connectivity index (χ1v) is 6.26. The normalized spacial score (nSPS) is 13.2. The standard InChI is InChI=1S/C12H22N2O6/c1-8(6-7-19-2)13-12(18)14-9(11(16)17)4-5-10(15)20-3/h8-9H,4-7H2,1-3H3,(H,16,17)(H2,13,14,18)/t8?,9-/m0/s1. The minimum atomic E-state index is -1.20. The predicted molar refractivity (Wildman–Crippen MR) is 70.3 cm³/mol. The van der Waals surface area contributed by atoms with Gasteiger partial charge in [0.05, 0.1) is 7.11 Å². The van der Waals surface area contributed by atoms with Gasteiger partial charge in [-0.05, 0) is 19.8 Å². The fourth-order valence-electron chi connectivity index (χ4n) is 1.41. The molecule has 0 bridgehead atoms. The van der Waals surface area contributed by atoms with Gasteiger partial charge in [0.2, 0.25) is 0 Å². The van der Waals surface area contributed by atoms with Gasteiger partial charge in [-0.25, -0.2) is 9.59 Å². The van der Waals surface area contributed by atoms with Gasteiger partial charge in [0, 0.05) is 26.2 Å². The average Bonchev–Trinajstić information content (AvgIpc) is 2.40. The van der Waals surface area contributed by atoms with Gasteiger partial charge in [-0.1, -0.05) is 0 Å². The van der Waals surface area contributed by atoms with Crippen molar-refractivity contribution in [2.75, 3.05) is 20.8 Å². The van der Waals surface area contributed by atoms with E-state index in [4.69, 9.17) is 9.84 Å². The van der Waals surface area contributed by atoms with E-state index in [1.807, 2.05) is 0 Å². The van der Waals surface area contributed by atoms with Crippen molar-refractivity contribution in [2.45, 2.75) is 38.3 Å². The number of carboxylic acid groups (broad SMARTS) is 1. The lowest BCUT2D eigenvalue weighted by Gasteiger charge is -2.18. The molecule has 8 heteroatoms. The smallest absolute Gasteiger partial charge is 0.326 e. The quantitative estimate of drug-likeness (QED) is 0.520. The maximum Gasteiger partial charge on any atom is 0.326 e. The summed E-state index contributed by atoms with van der Waals surface area (Å²) in [6, 6.07) is -1.88. The Morgan fingerprint density at radius 2 is 1.80 bits per heavy atom. The lowest BCUT2D eigenvalue weighted by Crippen LogP contribution is -2.48. The topological polar surface area (TPSA) is 114 Å². The molecule has 0 radical (unpaired) electrons. The van der Waals surface area contributed by atoms with Crippen LogP contribution in [0.3, 0.4) is 0 Å². The van der Waals surface area contributed by atoms with Crippen LogP contribution in [0.25, 0.3) is 0 Å². The number of ether oxygens (including phenoxy) is 2. The van der Waals surface area contributed by atoms with Crippen molar-refractivity contribution in [1.29, 1.82) is 0 Å². The first-order valence-electron chi connectivity index (χ1n) is 6.26. The molecule has 0 fully saturated rings. The van der Waals surface area contributed by atoms with Gasteiger partial charge in [0.1, 0.15) is 6.04 Å². The summed E-state index contributed by atoms with van der Waals surface area (Å²) in [5, 5.41) is 13.9. The number of carbonyl (C=O) groups is 3. The third-order valence-corrected chi connectivity index (χ3v) is 2.60. The van der Waals surface area contributed by atoms with Crippen molar-refractivity contribution >= 4 is 18.0 Å². The van der Waals surface area contributed by atoms with Crippen molar-refractivity contribution in [3.05, 3.63) is 0 Å². The highest BCUT2D eigenvalue weighted by Gasteiger charge is 2.21. The van der Waals surface area contributed by atoms with Crippen molar-refractivity contribution in [3.63, 3.8) is 0 Å². The third-order valence-electron chi connectivity index (χ3n) is 2.60. The Morgan fingerprint density at radius 1 is 1.15 bits per heavy atom. The number of hydrogen-bond acceptors (Lipinski definition) is 5. The van der Waals surface area contributed by atoms with Gasteiger partial charge < -0.3 is 25.2 Å². The molecule has 8 nitrogen and oxygen atoms in total. The molecular formula is C12H22N2O6. The minimum Gasteiger partial charge on any atom is -0.480 e. The van der Waals surface area contributed by atoms with Gasteiger partial charge in [-0.3, -0.25) is 4.79 Å². The fourth-order valence-corrected chi connectivity index (χ4v) is 1.41. The Hall–Kier alpha value is -1.83. The Labute approximate surface area is 117 Å². The van der Waals surface area contributed by atoms with E-state index in [2.05, 4.69) is 15.4 Å². The molecule has 0 heterocycles. The van der Waals surface area contributed by atoms with Crippen LogP contribution in [-0.4, -0.2) is 56.0 Å². The van der Waals surface area contributed by atoms with Crippen molar-refractivity contribution in [1.82, 2.24) is 10.6 Å². The Bertz CT molecular complexity index is 334. The van der Waals surface area contributed by atoms with E-state index in [9.17, 15) is 14.4 Å². The molecular weight excluding hydrogens is 268 g/mol. The van der Waals surface area contributed by atoms with E-state index in [1.54, 1.807) is 14.0 Å². The Morgan fingerprint density at radius 3 is 2.30 bits per heavy atom. The van der Waals surface area contributed by atoms with Crippen LogP contribution in [0, 0.1) is 0 Å². The highest BCUT2D eigenvalue weighted by atomic mass is 16.5. The lowest BCUT2D eigenvalue weighted by molar-refractivity contribution is -0.142. The van der Waals surface area contributed by atoms with E-state index in [0.717, 1.165) is 0 Å².